The number of carboxylic acid groups (broad SMARTS) is 1. The Kier molecular flexibility index (Phi) is 6.56. The van der Waals surface area contributed by atoms with Gasteiger partial charge in [-0.05, 0) is 67.3 Å². The van der Waals surface area contributed by atoms with Crippen molar-refractivity contribution in [1.82, 2.24) is 14.9 Å². The van der Waals surface area contributed by atoms with Crippen molar-refractivity contribution in [3.8, 4) is 11.1 Å². The molecule has 2 amide bonds. The van der Waals surface area contributed by atoms with Crippen molar-refractivity contribution >= 4 is 29.2 Å². The number of hydrogen-bond donors (Lipinski definition) is 2. The monoisotopic (exact) mass is 516 g/mol. The van der Waals surface area contributed by atoms with Crippen LogP contribution in [0.1, 0.15) is 27.2 Å². The molecule has 198 valence electrons. The van der Waals surface area contributed by atoms with Crippen LogP contribution >= 0.6 is 0 Å². The second-order valence-electron chi connectivity index (χ2n) is 10.0. The number of carbonyl (C=O) groups is 2. The smallest absolute Gasteiger partial charge is 0.407 e. The Bertz CT molecular complexity index is 1460. The van der Waals surface area contributed by atoms with Crippen LogP contribution in [-0.2, 0) is 6.42 Å². The Morgan fingerprint density at radius 3 is 2.39 bits per heavy atom. The molecule has 0 unspecified atom stereocenters. The first kappa shape index (κ1) is 25.3. The lowest BCUT2D eigenvalue weighted by molar-refractivity contribution is 0.0991. The zero-order chi connectivity index (χ0) is 27.1. The summed E-state index contributed by atoms with van der Waals surface area (Å²) in [7, 11) is 3.66. The highest BCUT2D eigenvalue weighted by Crippen LogP contribution is 2.36. The third kappa shape index (κ3) is 4.57. The van der Waals surface area contributed by atoms with Crippen LogP contribution in [0.2, 0.25) is 0 Å². The van der Waals surface area contributed by atoms with Crippen molar-refractivity contribution in [2.75, 3.05) is 61.5 Å². The van der Waals surface area contributed by atoms with Gasteiger partial charge in [-0.15, -0.1) is 0 Å². The Balaban J connectivity index is 1.46. The molecular formula is C28H32N6O4. The molecule has 0 radical (unpaired) electrons. The highest BCUT2D eigenvalue weighted by Gasteiger charge is 2.28. The first-order valence-corrected chi connectivity index (χ1v) is 12.7. The van der Waals surface area contributed by atoms with Gasteiger partial charge in [-0.3, -0.25) is 9.59 Å². The van der Waals surface area contributed by atoms with Gasteiger partial charge in [0.15, 0.2) is 0 Å². The fourth-order valence-electron chi connectivity index (χ4n) is 5.43. The van der Waals surface area contributed by atoms with E-state index in [-0.39, 0.29) is 11.5 Å². The molecule has 2 N–H and O–H groups in total. The number of likely N-dealkylation sites (N-methyl/N-ethyl adjacent to an activating group) is 1. The molecule has 1 saturated heterocycles. The maximum absolute atomic E-state index is 13.8. The van der Waals surface area contributed by atoms with E-state index < -0.39 is 6.09 Å². The van der Waals surface area contributed by atoms with Gasteiger partial charge >= 0.3 is 6.09 Å². The van der Waals surface area contributed by atoms with Crippen molar-refractivity contribution in [2.24, 2.45) is 0 Å². The minimum Gasteiger partial charge on any atom is -0.465 e. The first-order chi connectivity index (χ1) is 18.1. The topological polar surface area (TPSA) is 113 Å². The number of aromatic nitrogens is 2. The Hall–Kier alpha value is -4.34. The number of nitrogens with zero attached hydrogens (tertiary/aromatic N) is 5. The summed E-state index contributed by atoms with van der Waals surface area (Å²) < 4.78 is 0. The normalized spacial score (nSPS) is 15.0. The number of aromatic amines is 1. The number of anilines is 3. The summed E-state index contributed by atoms with van der Waals surface area (Å²) in [4.78, 5) is 52.3. The van der Waals surface area contributed by atoms with E-state index in [0.29, 0.717) is 37.4 Å². The van der Waals surface area contributed by atoms with Gasteiger partial charge in [0, 0.05) is 75.5 Å². The predicted octanol–water partition coefficient (Wildman–Crippen LogP) is 3.12. The van der Waals surface area contributed by atoms with Gasteiger partial charge < -0.3 is 29.7 Å². The predicted molar refractivity (Wildman–Crippen MR) is 148 cm³/mol. The van der Waals surface area contributed by atoms with Crippen molar-refractivity contribution in [1.29, 1.82) is 0 Å². The van der Waals surface area contributed by atoms with E-state index in [1.165, 1.54) is 9.80 Å². The van der Waals surface area contributed by atoms with E-state index >= 15 is 0 Å². The fourth-order valence-corrected chi connectivity index (χ4v) is 5.43. The molecule has 0 atom stereocenters. The minimum atomic E-state index is -0.896. The fraction of sp³-hybridized carbons (Fsp3) is 0.357. The molecule has 5 rings (SSSR count). The van der Waals surface area contributed by atoms with Gasteiger partial charge in [0.05, 0.1) is 0 Å². The van der Waals surface area contributed by atoms with Crippen LogP contribution in [0, 0.1) is 13.8 Å². The highest BCUT2D eigenvalue weighted by molar-refractivity contribution is 6.09. The van der Waals surface area contributed by atoms with Crippen LogP contribution in [-0.4, -0.2) is 78.8 Å². The van der Waals surface area contributed by atoms with Crippen LogP contribution in [0.4, 0.5) is 22.0 Å². The average Bonchev–Trinajstić information content (AvgIpc) is 3.27. The number of piperazine rings is 1. The number of amides is 2. The molecule has 4 heterocycles. The van der Waals surface area contributed by atoms with Gasteiger partial charge in [0.2, 0.25) is 0 Å². The zero-order valence-electron chi connectivity index (χ0n) is 22.1. The summed E-state index contributed by atoms with van der Waals surface area (Å²) in [5, 5.41) is 9.19. The summed E-state index contributed by atoms with van der Waals surface area (Å²) in [5.74, 6) is 0.568. The molecule has 38 heavy (non-hydrogen) atoms. The number of hydrogen-bond acceptors (Lipinski definition) is 6. The summed E-state index contributed by atoms with van der Waals surface area (Å²) in [6.45, 7) is 6.53. The Morgan fingerprint density at radius 2 is 1.76 bits per heavy atom. The van der Waals surface area contributed by atoms with Gasteiger partial charge in [0.25, 0.3) is 11.5 Å². The molecule has 0 spiro atoms. The number of fused-ring (bicyclic) bond motifs is 1. The molecular weight excluding hydrogens is 484 g/mol. The zero-order valence-corrected chi connectivity index (χ0v) is 22.1. The van der Waals surface area contributed by atoms with Crippen LogP contribution in [0.15, 0.2) is 41.3 Å². The Labute approximate surface area is 221 Å². The van der Waals surface area contributed by atoms with E-state index in [2.05, 4.69) is 25.8 Å². The lowest BCUT2D eigenvalue weighted by atomic mass is 9.96. The summed E-state index contributed by atoms with van der Waals surface area (Å²) in [6.07, 6.45) is 1.65. The standard InChI is InChI=1S/C28H32N6O4/c1-17-13-18(2)30-26(35)25(17)32(4)27(36)22-14-20(15-23-21(22)7-8-31(23)3)19-5-6-24(29-16-19)33-9-11-34(12-10-33)28(37)38/h5-6,13-16H,7-12H2,1-4H3,(H,30,35)(H,37,38). The quantitative estimate of drug-likeness (QED) is 0.548. The molecule has 2 aromatic heterocycles. The second-order valence-corrected chi connectivity index (χ2v) is 10.0. The number of carbonyl (C=O) groups excluding carboxylic acids is 1. The molecule has 10 heteroatoms. The number of nitrogens with one attached hydrogen (secondary N) is 1. The lowest BCUT2D eigenvalue weighted by Gasteiger charge is -2.33. The molecule has 3 aromatic rings. The third-order valence-electron chi connectivity index (χ3n) is 7.49. The average molecular weight is 517 g/mol. The van der Waals surface area contributed by atoms with E-state index in [1.54, 1.807) is 13.2 Å². The molecule has 1 fully saturated rings. The maximum Gasteiger partial charge on any atom is 0.407 e. The SMILES string of the molecule is Cc1cc(C)c(N(C)C(=O)c2cc(-c3ccc(N4CCN(C(=O)O)CC4)nc3)cc3c2CCN3C)c(=O)[nH]1. The summed E-state index contributed by atoms with van der Waals surface area (Å²) in [6, 6.07) is 9.77. The van der Waals surface area contributed by atoms with Gasteiger partial charge in [-0.2, -0.15) is 0 Å². The largest absolute Gasteiger partial charge is 0.465 e. The van der Waals surface area contributed by atoms with Gasteiger partial charge in [-0.25, -0.2) is 9.78 Å². The van der Waals surface area contributed by atoms with E-state index in [4.69, 9.17) is 0 Å². The molecule has 0 bridgehead atoms. The van der Waals surface area contributed by atoms with Crippen LogP contribution in [0.3, 0.4) is 0 Å². The number of rotatable bonds is 4. The number of pyridine rings is 2. The second kappa shape index (κ2) is 9.85. The van der Waals surface area contributed by atoms with Crippen molar-refractivity contribution in [3.63, 3.8) is 0 Å². The van der Waals surface area contributed by atoms with Crippen LogP contribution in [0.25, 0.3) is 11.1 Å². The molecule has 2 aliphatic heterocycles. The van der Waals surface area contributed by atoms with Crippen molar-refractivity contribution in [2.45, 2.75) is 20.3 Å². The third-order valence-corrected chi connectivity index (χ3v) is 7.49. The van der Waals surface area contributed by atoms with E-state index in [0.717, 1.165) is 52.4 Å². The summed E-state index contributed by atoms with van der Waals surface area (Å²) >= 11 is 0. The summed E-state index contributed by atoms with van der Waals surface area (Å²) in [5.41, 5.74) is 5.88. The van der Waals surface area contributed by atoms with E-state index in [1.807, 2.05) is 45.2 Å². The van der Waals surface area contributed by atoms with Gasteiger partial charge in [-0.1, -0.05) is 0 Å². The molecule has 10 nitrogen and oxygen atoms in total. The minimum absolute atomic E-state index is 0.225. The van der Waals surface area contributed by atoms with E-state index in [9.17, 15) is 19.5 Å². The number of aryl methyl sites for hydroxylation is 2. The van der Waals surface area contributed by atoms with Crippen LogP contribution < -0.4 is 20.3 Å². The first-order valence-electron chi connectivity index (χ1n) is 12.7. The number of H-pyrrole nitrogens is 1. The maximum atomic E-state index is 13.8. The Morgan fingerprint density at radius 1 is 1.03 bits per heavy atom. The molecule has 0 aliphatic carbocycles. The van der Waals surface area contributed by atoms with Gasteiger partial charge in [0.1, 0.15) is 11.5 Å². The lowest BCUT2D eigenvalue weighted by Crippen LogP contribution is -2.48. The number of benzene rings is 1. The molecule has 2 aliphatic rings. The van der Waals surface area contributed by atoms with Crippen molar-refractivity contribution in [3.05, 3.63) is 69.3 Å². The highest BCUT2D eigenvalue weighted by atomic mass is 16.4. The van der Waals surface area contributed by atoms with Crippen LogP contribution in [0.5, 0.6) is 0 Å². The molecule has 1 aromatic carbocycles. The van der Waals surface area contributed by atoms with Crippen molar-refractivity contribution < 1.29 is 14.7 Å². The molecule has 0 saturated carbocycles.